The topological polar surface area (TPSA) is 102 Å². The van der Waals surface area contributed by atoms with Gasteiger partial charge in [-0.1, -0.05) is 42.0 Å². The Morgan fingerprint density at radius 3 is 2.23 bits per heavy atom. The lowest BCUT2D eigenvalue weighted by Gasteiger charge is -2.41. The molecule has 0 saturated heterocycles. The van der Waals surface area contributed by atoms with Crippen LogP contribution in [0, 0.1) is 6.92 Å². The third-order valence-corrected chi connectivity index (χ3v) is 6.71. The first-order valence-electron chi connectivity index (χ1n) is 12.9. The van der Waals surface area contributed by atoms with Gasteiger partial charge in [0.2, 0.25) is 5.88 Å². The average Bonchev–Trinajstić information content (AvgIpc) is 2.95. The zero-order chi connectivity index (χ0) is 31.4. The zero-order valence-electron chi connectivity index (χ0n) is 22.9. The Hall–Kier alpha value is -4.62. The van der Waals surface area contributed by atoms with Crippen LogP contribution in [-0.4, -0.2) is 47.9 Å². The Labute approximate surface area is 242 Å². The first-order chi connectivity index (χ1) is 20.2. The van der Waals surface area contributed by atoms with Gasteiger partial charge in [-0.15, -0.1) is 0 Å². The van der Waals surface area contributed by atoms with E-state index in [2.05, 4.69) is 15.3 Å². The number of carbonyl (C=O) groups excluding carboxylic acids is 2. The van der Waals surface area contributed by atoms with Crippen LogP contribution in [0.15, 0.2) is 66.5 Å². The Kier molecular flexibility index (Phi) is 8.97. The van der Waals surface area contributed by atoms with E-state index in [-0.39, 0.29) is 47.2 Å². The maximum atomic E-state index is 14.9. The van der Waals surface area contributed by atoms with Crippen LogP contribution < -0.4 is 20.1 Å². The molecule has 2 heterocycles. The molecule has 0 radical (unpaired) electrons. The summed E-state index contributed by atoms with van der Waals surface area (Å²) >= 11 is 0. The molecule has 1 atom stereocenters. The Morgan fingerprint density at radius 1 is 1.00 bits per heavy atom. The predicted molar refractivity (Wildman–Crippen MR) is 143 cm³/mol. The van der Waals surface area contributed by atoms with Gasteiger partial charge in [-0.25, -0.2) is 9.97 Å². The fourth-order valence-corrected chi connectivity index (χ4v) is 4.50. The smallest absolute Gasteiger partial charge is 0.416 e. The summed E-state index contributed by atoms with van der Waals surface area (Å²) in [5, 5.41) is 4.41. The van der Waals surface area contributed by atoms with Crippen molar-refractivity contribution < 1.29 is 45.4 Å². The number of amides is 2. The minimum absolute atomic E-state index is 0.0559. The largest absolute Gasteiger partial charge is 0.494 e. The predicted octanol–water partition coefficient (Wildman–Crippen LogP) is 5.88. The quantitative estimate of drug-likeness (QED) is 0.179. The van der Waals surface area contributed by atoms with Gasteiger partial charge in [-0.05, 0) is 42.2 Å². The van der Waals surface area contributed by atoms with Crippen molar-refractivity contribution in [2.45, 2.75) is 44.1 Å². The molecule has 1 aliphatic rings. The fourth-order valence-electron chi connectivity index (χ4n) is 4.50. The van der Waals surface area contributed by atoms with Crippen LogP contribution in [0.1, 0.15) is 36.0 Å². The monoisotopic (exact) mass is 608 g/mol. The van der Waals surface area contributed by atoms with Crippen LogP contribution in [0.25, 0.3) is 5.57 Å². The summed E-state index contributed by atoms with van der Waals surface area (Å²) in [7, 11) is 1.36. The van der Waals surface area contributed by atoms with Gasteiger partial charge < -0.3 is 20.1 Å². The van der Waals surface area contributed by atoms with E-state index in [1.54, 1.807) is 19.1 Å². The van der Waals surface area contributed by atoms with Crippen LogP contribution in [0.5, 0.6) is 11.6 Å². The van der Waals surface area contributed by atoms with Crippen molar-refractivity contribution in [1.82, 2.24) is 15.3 Å². The van der Waals surface area contributed by atoms with Crippen molar-refractivity contribution >= 4 is 23.2 Å². The molecular formula is C29H26F6N4O4. The van der Waals surface area contributed by atoms with Crippen LogP contribution in [0.3, 0.4) is 0 Å². The normalized spacial score (nSPS) is 17.3. The van der Waals surface area contributed by atoms with Crippen molar-refractivity contribution in [1.29, 1.82) is 0 Å². The van der Waals surface area contributed by atoms with E-state index in [0.29, 0.717) is 0 Å². The first kappa shape index (κ1) is 31.3. The number of alkyl halides is 6. The zero-order valence-corrected chi connectivity index (χ0v) is 22.9. The fraction of sp³-hybridized carbons (Fsp3) is 0.310. The molecule has 0 fully saturated rings. The van der Waals surface area contributed by atoms with Crippen molar-refractivity contribution in [2.75, 3.05) is 19.0 Å². The van der Waals surface area contributed by atoms with Gasteiger partial charge >= 0.3 is 12.4 Å². The summed E-state index contributed by atoms with van der Waals surface area (Å²) in [5.41, 5.74) is -2.97. The molecule has 43 heavy (non-hydrogen) atoms. The number of ether oxygens (including phenoxy) is 2. The molecule has 0 aliphatic carbocycles. The van der Waals surface area contributed by atoms with E-state index in [1.807, 2.05) is 5.32 Å². The van der Waals surface area contributed by atoms with Crippen molar-refractivity contribution in [3.8, 4) is 11.6 Å². The Balaban J connectivity index is 1.71. The number of benzene rings is 2. The summed E-state index contributed by atoms with van der Waals surface area (Å²) in [6.45, 7) is 1.48. The number of carbonyl (C=O) groups is 2. The molecule has 1 aromatic heterocycles. The molecule has 228 valence electrons. The van der Waals surface area contributed by atoms with E-state index in [4.69, 9.17) is 9.47 Å². The molecule has 14 heteroatoms. The summed E-state index contributed by atoms with van der Waals surface area (Å²) in [6, 6.07) is 10.8. The number of rotatable bonds is 9. The van der Waals surface area contributed by atoms with Gasteiger partial charge in [-0.3, -0.25) is 9.59 Å². The number of aromatic nitrogens is 2. The SMILES string of the molecule is COc1cnc(NC(=O)C2=C(c3ccc(C)cc3)CC(c3ccc(OCCCC(F)(F)F)cc3)(C(F)(F)F)NC2=O)cn1. The van der Waals surface area contributed by atoms with E-state index in [0.717, 1.165) is 23.9 Å². The average molecular weight is 609 g/mol. The maximum absolute atomic E-state index is 14.9. The Bertz CT molecular complexity index is 1490. The van der Waals surface area contributed by atoms with E-state index in [1.165, 1.54) is 37.6 Å². The van der Waals surface area contributed by atoms with Crippen LogP contribution in [-0.2, 0) is 15.1 Å². The molecule has 2 aromatic carbocycles. The summed E-state index contributed by atoms with van der Waals surface area (Å²) in [5.74, 6) is -2.12. The molecule has 8 nitrogen and oxygen atoms in total. The number of aryl methyl sites for hydroxylation is 1. The molecule has 1 unspecified atom stereocenters. The molecule has 0 saturated carbocycles. The van der Waals surface area contributed by atoms with Gasteiger partial charge in [0.15, 0.2) is 11.4 Å². The van der Waals surface area contributed by atoms with E-state index >= 15 is 0 Å². The minimum atomic E-state index is -5.03. The van der Waals surface area contributed by atoms with Crippen LogP contribution >= 0.6 is 0 Å². The number of anilines is 1. The molecule has 1 aliphatic heterocycles. The Morgan fingerprint density at radius 2 is 1.67 bits per heavy atom. The van der Waals surface area contributed by atoms with E-state index < -0.39 is 48.1 Å². The summed E-state index contributed by atoms with van der Waals surface area (Å²) in [4.78, 5) is 34.6. The molecule has 2 N–H and O–H groups in total. The molecule has 3 aromatic rings. The van der Waals surface area contributed by atoms with Crippen LogP contribution in [0.2, 0.25) is 0 Å². The second-order valence-corrected chi connectivity index (χ2v) is 9.74. The lowest BCUT2D eigenvalue weighted by atomic mass is 9.76. The molecule has 4 rings (SSSR count). The highest BCUT2D eigenvalue weighted by molar-refractivity contribution is 6.28. The lowest BCUT2D eigenvalue weighted by Crippen LogP contribution is -2.59. The van der Waals surface area contributed by atoms with Crippen LogP contribution in [0.4, 0.5) is 32.2 Å². The number of hydrogen-bond donors (Lipinski definition) is 2. The maximum Gasteiger partial charge on any atom is 0.416 e. The van der Waals surface area contributed by atoms with Gasteiger partial charge in [0.1, 0.15) is 11.3 Å². The van der Waals surface area contributed by atoms with Gasteiger partial charge in [0.25, 0.3) is 11.8 Å². The van der Waals surface area contributed by atoms with Crippen molar-refractivity contribution in [2.24, 2.45) is 0 Å². The van der Waals surface area contributed by atoms with Crippen molar-refractivity contribution in [3.63, 3.8) is 0 Å². The highest BCUT2D eigenvalue weighted by atomic mass is 19.4. The third kappa shape index (κ3) is 7.24. The highest BCUT2D eigenvalue weighted by Gasteiger charge is 2.60. The number of halogens is 6. The summed E-state index contributed by atoms with van der Waals surface area (Å²) < 4.78 is 92.0. The second-order valence-electron chi connectivity index (χ2n) is 9.74. The second kappa shape index (κ2) is 12.3. The number of nitrogens with one attached hydrogen (secondary N) is 2. The molecule has 2 amide bonds. The number of hydrogen-bond acceptors (Lipinski definition) is 6. The van der Waals surface area contributed by atoms with Gasteiger partial charge in [-0.2, -0.15) is 26.3 Å². The van der Waals surface area contributed by atoms with Gasteiger partial charge in [0, 0.05) is 12.8 Å². The number of nitrogens with zero attached hydrogens (tertiary/aromatic N) is 2. The lowest BCUT2D eigenvalue weighted by molar-refractivity contribution is -0.201. The summed E-state index contributed by atoms with van der Waals surface area (Å²) in [6.07, 6.45) is -9.24. The number of methoxy groups -OCH3 is 1. The highest BCUT2D eigenvalue weighted by Crippen LogP contribution is 2.48. The molecule has 0 spiro atoms. The van der Waals surface area contributed by atoms with Crippen molar-refractivity contribution in [3.05, 3.63) is 83.2 Å². The molecule has 0 bridgehead atoms. The minimum Gasteiger partial charge on any atom is -0.494 e. The van der Waals surface area contributed by atoms with E-state index in [9.17, 15) is 35.9 Å². The standard InChI is InChI=1S/C29H26F6N4O4/c1-17-4-6-18(7-5-17)21-14-27(29(33,34)35,19-8-10-20(11-9-19)43-13-3-12-28(30,31)32)39-26(41)24(21)25(40)38-22-15-37-23(42-2)16-36-22/h4-11,15-16H,3,12-14H2,1-2H3,(H,39,41)(H,36,38,40). The third-order valence-electron chi connectivity index (χ3n) is 6.71. The van der Waals surface area contributed by atoms with Gasteiger partial charge in [0.05, 0.1) is 26.1 Å². The first-order valence-corrected chi connectivity index (χ1v) is 12.9. The molecular weight excluding hydrogens is 582 g/mol.